The number of rotatable bonds is 51. The second-order valence-corrected chi connectivity index (χ2v) is 27.7. The summed E-state index contributed by atoms with van der Waals surface area (Å²) in [5.41, 5.74) is 78.6. The van der Waals surface area contributed by atoms with Crippen LogP contribution >= 0.6 is 27.3 Å². The number of nitrogens with zero attached hydrogens (tertiary/aromatic N) is 8. The highest BCUT2D eigenvalue weighted by Crippen LogP contribution is 2.33. The number of aliphatic hydroxyl groups is 1. The molecule has 1 fully saturated rings. The maximum atomic E-state index is 14.8. The van der Waals surface area contributed by atoms with Crippen LogP contribution in [0.1, 0.15) is 134 Å². The van der Waals surface area contributed by atoms with Crippen LogP contribution in [0.5, 0.6) is 0 Å². The van der Waals surface area contributed by atoms with E-state index in [1.54, 1.807) is 4.90 Å². The fourth-order valence-electron chi connectivity index (χ4n) is 11.5. The van der Waals surface area contributed by atoms with Gasteiger partial charge >= 0.3 is 0 Å². The van der Waals surface area contributed by atoms with E-state index in [4.69, 9.17) is 85.3 Å². The highest BCUT2D eigenvalue weighted by atomic mass is 79.9. The van der Waals surface area contributed by atoms with Crippen molar-refractivity contribution in [3.63, 3.8) is 0 Å². The third-order valence-electron chi connectivity index (χ3n) is 16.8. The Kier molecular flexibility index (Phi) is 39.9. The highest BCUT2D eigenvalue weighted by molar-refractivity contribution is 9.10. The molecular formula is C64H110BrN31O11S. The van der Waals surface area contributed by atoms with E-state index in [0.717, 1.165) is 14.6 Å². The van der Waals surface area contributed by atoms with Crippen LogP contribution in [-0.2, 0) is 49.7 Å². The number of aliphatic hydroxyl groups excluding tert-OH is 1. The zero-order valence-corrected chi connectivity index (χ0v) is 63.0. The first kappa shape index (κ1) is 89.9. The number of aromatic amines is 1. The summed E-state index contributed by atoms with van der Waals surface area (Å²) in [6, 6.07) is -4.73. The number of H-pyrrole nitrogens is 1. The van der Waals surface area contributed by atoms with Gasteiger partial charge in [-0.05, 0) is 140 Å². The number of benzene rings is 1. The van der Waals surface area contributed by atoms with Gasteiger partial charge in [0.15, 0.2) is 35.8 Å². The number of β-amino-alcohol motifs (C(OH)–C–C–N with tert-alkyl or cyclic N) is 1. The Hall–Kier alpha value is -10.5. The monoisotopic (exact) mass is 1600 g/mol. The lowest BCUT2D eigenvalue weighted by Crippen LogP contribution is -2.60. The van der Waals surface area contributed by atoms with Crippen LogP contribution < -0.4 is 128 Å². The normalized spacial score (nSPS) is 15.2. The van der Waals surface area contributed by atoms with Crippen molar-refractivity contribution in [3.8, 4) is 0 Å². The molecule has 2 aromatic heterocycles. The van der Waals surface area contributed by atoms with Crippen LogP contribution in [0.15, 0.2) is 57.4 Å². The van der Waals surface area contributed by atoms with Gasteiger partial charge in [0.05, 0.1) is 24.2 Å². The van der Waals surface area contributed by atoms with E-state index in [9.17, 15) is 53.1 Å². The molecule has 4 rings (SSSR count). The highest BCUT2D eigenvalue weighted by Gasteiger charge is 2.38. The van der Waals surface area contributed by atoms with Crippen molar-refractivity contribution in [1.82, 2.24) is 57.4 Å². The van der Waals surface area contributed by atoms with Crippen molar-refractivity contribution in [3.05, 3.63) is 38.9 Å². The van der Waals surface area contributed by atoms with Crippen LogP contribution in [-0.4, -0.2) is 222 Å². The molecule has 108 heavy (non-hydrogen) atoms. The van der Waals surface area contributed by atoms with Gasteiger partial charge in [-0.15, -0.1) is 11.3 Å². The van der Waals surface area contributed by atoms with E-state index in [0.29, 0.717) is 54.7 Å². The number of thiophene rings is 1. The minimum absolute atomic E-state index is 0.0117. The molecule has 0 radical (unpaired) electrons. The number of nitrogens with one attached hydrogen (secondary N) is 9. The maximum absolute atomic E-state index is 14.8. The predicted molar refractivity (Wildman–Crippen MR) is 417 cm³/mol. The number of carbonyl (C=O) groups is 9. The quantitative estimate of drug-likeness (QED) is 0.0142. The molecule has 38 N–H and O–H groups in total. The van der Waals surface area contributed by atoms with Gasteiger partial charge in [0.25, 0.3) is 5.56 Å². The summed E-state index contributed by atoms with van der Waals surface area (Å²) in [5, 5.41) is 33.2. The Morgan fingerprint density at radius 1 is 0.519 bits per heavy atom. The molecule has 600 valence electrons. The van der Waals surface area contributed by atoms with Crippen LogP contribution in [0.4, 0.5) is 0 Å². The number of primary amides is 1. The molecule has 3 heterocycles. The molecule has 1 aliphatic rings. The van der Waals surface area contributed by atoms with Gasteiger partial charge in [-0.2, -0.15) is 0 Å². The third-order valence-corrected chi connectivity index (χ3v) is 18.5. The van der Waals surface area contributed by atoms with Crippen molar-refractivity contribution in [2.75, 3.05) is 58.9 Å². The second-order valence-electron chi connectivity index (χ2n) is 25.7. The molecule has 1 saturated heterocycles. The fourth-order valence-corrected chi connectivity index (χ4v) is 12.9. The van der Waals surface area contributed by atoms with Gasteiger partial charge in [0.2, 0.25) is 53.2 Å². The van der Waals surface area contributed by atoms with Crippen molar-refractivity contribution >= 4 is 136 Å². The van der Waals surface area contributed by atoms with E-state index in [1.807, 2.05) is 18.2 Å². The molecule has 0 spiro atoms. The minimum atomic E-state index is -1.51. The van der Waals surface area contributed by atoms with E-state index >= 15 is 0 Å². The Morgan fingerprint density at radius 2 is 0.898 bits per heavy atom. The molecule has 44 heteroatoms. The number of amides is 9. The summed E-state index contributed by atoms with van der Waals surface area (Å²) in [7, 11) is 0. The van der Waals surface area contributed by atoms with Crippen molar-refractivity contribution in [2.24, 2.45) is 110 Å². The standard InChI is InChI=1S/C64H110BrN31O11S/c65-34-20-21-45-36(30-34)48-49(108-45)58(107)95-46(94-48)33-96-32-35(97)31-44(96)57(106)80-23-5-1-2-19-47(98)87-38(13-6-24-81-59(68)69)51(100)89-40(15-8-26-83-61(72)73)53(102)91-42(17-10-28-85-63(76)77)55(104)93-43(18-11-29-86-64(78)79)56(105)92-41(16-9-27-84-62(74)75)54(103)90-39(14-7-25-82-60(70)71)52(101)88-37(50(67)99)12-3-4-22-66/h20-21,30,35,37-44,97H,1-19,22-29,31-33,66H2,(H2,67,99)(H,80,106)(H,87,98)(H,88,101)(H,89,100)(H,90,103)(H,91,102)(H,92,105)(H,93,104)(H4,68,69,81)(H4,70,71,82)(H4,72,73,83)(H4,74,75,84)(H4,76,77,85)(H4,78,79,86)(H,94,95,107)/t35-,37+,38+,39+,40+,41+,42+,43+,44+/m0/s1. The van der Waals surface area contributed by atoms with Crippen molar-refractivity contribution < 1.29 is 48.3 Å². The second kappa shape index (κ2) is 48.0. The number of carbonyl (C=O) groups excluding carboxylic acids is 9. The average Bonchev–Trinajstić information content (AvgIpc) is 1.61. The minimum Gasteiger partial charge on any atom is -0.392 e. The number of aliphatic imine (C=N–C) groups is 6. The van der Waals surface area contributed by atoms with Crippen LogP contribution in [0.2, 0.25) is 0 Å². The van der Waals surface area contributed by atoms with E-state index in [1.165, 1.54) is 11.3 Å². The van der Waals surface area contributed by atoms with Gasteiger partial charge in [-0.3, -0.25) is 82.8 Å². The number of halogens is 1. The molecule has 1 aliphatic heterocycles. The summed E-state index contributed by atoms with van der Waals surface area (Å²) >= 11 is 4.82. The van der Waals surface area contributed by atoms with Crippen molar-refractivity contribution in [2.45, 2.75) is 189 Å². The summed E-state index contributed by atoms with van der Waals surface area (Å²) in [6.45, 7) is 0.803. The predicted octanol–water partition coefficient (Wildman–Crippen LogP) is -7.16. The Labute approximate surface area is 636 Å². The number of hydrogen-bond acceptors (Lipinski definition) is 21. The summed E-state index contributed by atoms with van der Waals surface area (Å²) in [6.07, 6.45) is 1.53. The number of hydrogen-bond donors (Lipinski definition) is 24. The number of aromatic nitrogens is 2. The first-order valence-corrected chi connectivity index (χ1v) is 37.2. The first-order valence-electron chi connectivity index (χ1n) is 35.6. The average molecular weight is 1600 g/mol. The Bertz CT molecular complexity index is 3720. The molecule has 42 nitrogen and oxygen atoms in total. The smallest absolute Gasteiger partial charge is 0.268 e. The Balaban J connectivity index is 1.55. The van der Waals surface area contributed by atoms with Crippen LogP contribution in [0.25, 0.3) is 20.3 Å². The third kappa shape index (κ3) is 34.0. The lowest BCUT2D eigenvalue weighted by Gasteiger charge is -2.28. The van der Waals surface area contributed by atoms with Gasteiger partial charge in [-0.1, -0.05) is 22.4 Å². The topological polar surface area (TPSA) is 758 Å². The summed E-state index contributed by atoms with van der Waals surface area (Å²) in [5.74, 6) is -8.15. The number of unbranched alkanes of at least 4 members (excludes halogenated alkanes) is 3. The number of nitrogens with two attached hydrogens (primary N) is 14. The molecule has 1 aromatic carbocycles. The first-order chi connectivity index (χ1) is 51.3. The maximum Gasteiger partial charge on any atom is 0.268 e. The fraction of sp³-hybridized carbons (Fsp3) is 0.609. The molecule has 0 unspecified atom stereocenters. The number of fused-ring (bicyclic) bond motifs is 3. The zero-order valence-electron chi connectivity index (χ0n) is 60.6. The summed E-state index contributed by atoms with van der Waals surface area (Å²) < 4.78 is 2.19. The van der Waals surface area contributed by atoms with Gasteiger partial charge in [0.1, 0.15) is 52.8 Å². The lowest BCUT2D eigenvalue weighted by molar-refractivity contribution is -0.136. The summed E-state index contributed by atoms with van der Waals surface area (Å²) in [4.78, 5) is 173. The van der Waals surface area contributed by atoms with Crippen molar-refractivity contribution in [1.29, 1.82) is 0 Å². The van der Waals surface area contributed by atoms with Gasteiger partial charge in [-0.25, -0.2) is 4.98 Å². The Morgan fingerprint density at radius 3 is 1.28 bits per heavy atom. The van der Waals surface area contributed by atoms with Gasteiger partial charge < -0.3 is 133 Å². The molecule has 3 aromatic rings. The number of guanidine groups is 6. The zero-order chi connectivity index (χ0) is 79.8. The largest absolute Gasteiger partial charge is 0.392 e. The van der Waals surface area contributed by atoms with E-state index in [2.05, 4.69) is 93.4 Å². The molecule has 0 aliphatic carbocycles. The molecule has 0 bridgehead atoms. The molecular weight excluding hydrogens is 1490 g/mol. The van der Waals surface area contributed by atoms with Gasteiger partial charge in [0, 0.05) is 73.3 Å². The van der Waals surface area contributed by atoms with E-state index < -0.39 is 102 Å². The molecule has 0 saturated carbocycles. The van der Waals surface area contributed by atoms with E-state index in [-0.39, 0.29) is 202 Å². The SMILES string of the molecule is NCCCC[C@@H](NC(=O)[C@@H](CCCN=C(N)N)NC(=O)[C@@H](CCCN=C(N)N)NC(=O)[C@@H](CCCN=C(N)N)NC(=O)[C@@H](CCCN=C(N)N)NC(=O)[C@@H](CCCN=C(N)N)NC(=O)[C@@H](CCCN=C(N)N)NC(=O)CCCCCNC(=O)[C@H]1C[C@H](O)CN1Cc1nc2c(sc3ccc(Br)cc32)c(=O)[nH]1)C(N)=O. The molecule has 9 atom stereocenters. The van der Waals surface area contributed by atoms with Crippen LogP contribution in [0.3, 0.4) is 0 Å². The number of likely N-dealkylation sites (tertiary alicyclic amines) is 1. The lowest BCUT2D eigenvalue weighted by atomic mass is 10.0. The molecule has 9 amide bonds. The van der Waals surface area contributed by atoms with Crippen LogP contribution in [0, 0.1) is 0 Å².